The quantitative estimate of drug-likeness (QED) is 0.843. The first-order chi connectivity index (χ1) is 11.0. The van der Waals surface area contributed by atoms with Crippen molar-refractivity contribution in [1.82, 2.24) is 0 Å². The first kappa shape index (κ1) is 16.0. The summed E-state index contributed by atoms with van der Waals surface area (Å²) >= 11 is 0. The Labute approximate surface area is 137 Å². The number of anilines is 1. The Morgan fingerprint density at radius 3 is 2.57 bits per heavy atom. The molecule has 124 valence electrons. The third kappa shape index (κ3) is 3.92. The molecule has 23 heavy (non-hydrogen) atoms. The normalized spacial score (nSPS) is 26.8. The highest BCUT2D eigenvalue weighted by Gasteiger charge is 2.40. The van der Waals surface area contributed by atoms with Gasteiger partial charge in [-0.2, -0.15) is 0 Å². The second kappa shape index (κ2) is 6.73. The molecule has 4 atom stereocenters. The third-order valence-corrected chi connectivity index (χ3v) is 5.31. The number of benzene rings is 1. The molecule has 1 N–H and O–H groups in total. The maximum absolute atomic E-state index is 12.1. The number of rotatable bonds is 5. The van der Waals surface area contributed by atoms with Crippen molar-refractivity contribution in [3.05, 3.63) is 29.8 Å². The molecule has 0 aliphatic heterocycles. The molecule has 0 heterocycles. The van der Waals surface area contributed by atoms with E-state index in [4.69, 9.17) is 4.74 Å². The first-order valence-corrected chi connectivity index (χ1v) is 8.58. The number of hydrogen-bond donors (Lipinski definition) is 1. The fourth-order valence-corrected chi connectivity index (χ4v) is 4.02. The summed E-state index contributed by atoms with van der Waals surface area (Å²) in [6, 6.07) is 7.55. The fourth-order valence-electron chi connectivity index (χ4n) is 4.02. The van der Waals surface area contributed by atoms with E-state index in [2.05, 4.69) is 5.32 Å². The standard InChI is InChI=1S/C19H25NO3/c1-12-3-7-17(8-4-12)20-19(22)13(2)23-18(21)11-16-10-14-5-6-15(16)9-14/h3-4,7-8,13-16H,5-6,9-11H2,1-2H3,(H,20,22). The van der Waals surface area contributed by atoms with E-state index in [1.54, 1.807) is 6.92 Å². The number of amides is 1. The highest BCUT2D eigenvalue weighted by molar-refractivity contribution is 5.95. The van der Waals surface area contributed by atoms with E-state index >= 15 is 0 Å². The van der Waals surface area contributed by atoms with E-state index < -0.39 is 6.10 Å². The molecule has 0 radical (unpaired) electrons. The number of aryl methyl sites for hydroxylation is 1. The summed E-state index contributed by atoms with van der Waals surface area (Å²) in [7, 11) is 0. The van der Waals surface area contributed by atoms with Crippen LogP contribution in [-0.2, 0) is 14.3 Å². The summed E-state index contributed by atoms with van der Waals surface area (Å²) in [5.74, 6) is 1.46. The monoisotopic (exact) mass is 315 g/mol. The van der Waals surface area contributed by atoms with Crippen molar-refractivity contribution in [2.24, 2.45) is 17.8 Å². The van der Waals surface area contributed by atoms with Crippen molar-refractivity contribution < 1.29 is 14.3 Å². The van der Waals surface area contributed by atoms with Crippen molar-refractivity contribution in [3.8, 4) is 0 Å². The first-order valence-electron chi connectivity index (χ1n) is 8.58. The Morgan fingerprint density at radius 2 is 1.96 bits per heavy atom. The van der Waals surface area contributed by atoms with Gasteiger partial charge in [0, 0.05) is 12.1 Å². The van der Waals surface area contributed by atoms with Crippen LogP contribution in [0, 0.1) is 24.7 Å². The van der Waals surface area contributed by atoms with Crippen LogP contribution in [0.15, 0.2) is 24.3 Å². The van der Waals surface area contributed by atoms with E-state index in [-0.39, 0.29) is 11.9 Å². The maximum Gasteiger partial charge on any atom is 0.306 e. The lowest BCUT2D eigenvalue weighted by atomic mass is 9.86. The van der Waals surface area contributed by atoms with Crippen molar-refractivity contribution in [2.75, 3.05) is 5.32 Å². The minimum Gasteiger partial charge on any atom is -0.453 e. The molecule has 2 fully saturated rings. The largest absolute Gasteiger partial charge is 0.453 e. The van der Waals surface area contributed by atoms with Gasteiger partial charge in [-0.3, -0.25) is 9.59 Å². The number of ether oxygens (including phenoxy) is 1. The second-order valence-corrected chi connectivity index (χ2v) is 7.13. The predicted molar refractivity (Wildman–Crippen MR) is 88.9 cm³/mol. The van der Waals surface area contributed by atoms with Crippen LogP contribution < -0.4 is 5.32 Å². The Balaban J connectivity index is 1.46. The lowest BCUT2D eigenvalue weighted by molar-refractivity contribution is -0.154. The molecule has 2 bridgehead atoms. The third-order valence-electron chi connectivity index (χ3n) is 5.31. The number of hydrogen-bond acceptors (Lipinski definition) is 3. The van der Waals surface area contributed by atoms with Gasteiger partial charge in [0.05, 0.1) is 0 Å². The molecule has 4 nitrogen and oxygen atoms in total. The molecule has 0 saturated heterocycles. The summed E-state index contributed by atoms with van der Waals surface area (Å²) in [5.41, 5.74) is 1.85. The van der Waals surface area contributed by atoms with Crippen molar-refractivity contribution >= 4 is 17.6 Å². The average Bonchev–Trinajstić information content (AvgIpc) is 3.12. The Bertz CT molecular complexity index is 581. The van der Waals surface area contributed by atoms with Crippen LogP contribution in [0.1, 0.15) is 44.6 Å². The van der Waals surface area contributed by atoms with Crippen LogP contribution in [0.4, 0.5) is 5.69 Å². The molecule has 3 rings (SSSR count). The molecule has 1 amide bonds. The van der Waals surface area contributed by atoms with Crippen molar-refractivity contribution in [1.29, 1.82) is 0 Å². The van der Waals surface area contributed by atoms with Crippen LogP contribution in [0.3, 0.4) is 0 Å². The Kier molecular flexibility index (Phi) is 4.69. The maximum atomic E-state index is 12.1. The molecular weight excluding hydrogens is 290 g/mol. The van der Waals surface area contributed by atoms with Crippen LogP contribution in [-0.4, -0.2) is 18.0 Å². The summed E-state index contributed by atoms with van der Waals surface area (Å²) in [5, 5.41) is 2.78. The number of nitrogens with one attached hydrogen (secondary N) is 1. The van der Waals surface area contributed by atoms with E-state index in [1.165, 1.54) is 19.3 Å². The smallest absolute Gasteiger partial charge is 0.306 e. The zero-order chi connectivity index (χ0) is 16.4. The number of carbonyl (C=O) groups is 2. The van der Waals surface area contributed by atoms with Crippen molar-refractivity contribution in [3.63, 3.8) is 0 Å². The molecule has 1 aromatic carbocycles. The second-order valence-electron chi connectivity index (χ2n) is 7.13. The lowest BCUT2D eigenvalue weighted by Gasteiger charge is -2.21. The zero-order valence-electron chi connectivity index (χ0n) is 13.9. The molecule has 0 aromatic heterocycles. The Hall–Kier alpha value is -1.84. The van der Waals surface area contributed by atoms with Gasteiger partial charge < -0.3 is 10.1 Å². The van der Waals surface area contributed by atoms with Gasteiger partial charge in [0.25, 0.3) is 5.91 Å². The predicted octanol–water partition coefficient (Wildman–Crippen LogP) is 3.69. The van der Waals surface area contributed by atoms with Gasteiger partial charge in [0.15, 0.2) is 6.10 Å². The minimum atomic E-state index is -0.762. The Morgan fingerprint density at radius 1 is 1.22 bits per heavy atom. The molecule has 2 saturated carbocycles. The van der Waals surface area contributed by atoms with Gasteiger partial charge in [-0.15, -0.1) is 0 Å². The van der Waals surface area contributed by atoms with Crippen LogP contribution in [0.2, 0.25) is 0 Å². The molecule has 2 aliphatic carbocycles. The highest BCUT2D eigenvalue weighted by atomic mass is 16.5. The topological polar surface area (TPSA) is 55.4 Å². The van der Waals surface area contributed by atoms with E-state index in [9.17, 15) is 9.59 Å². The molecular formula is C19H25NO3. The summed E-state index contributed by atoms with van der Waals surface area (Å²) < 4.78 is 5.33. The summed E-state index contributed by atoms with van der Waals surface area (Å²) in [6.07, 6.45) is 4.72. The van der Waals surface area contributed by atoms with Gasteiger partial charge in [-0.25, -0.2) is 0 Å². The van der Waals surface area contributed by atoms with Gasteiger partial charge >= 0.3 is 5.97 Å². The van der Waals surface area contributed by atoms with Crippen LogP contribution in [0.25, 0.3) is 0 Å². The fraction of sp³-hybridized carbons (Fsp3) is 0.579. The molecule has 4 heteroatoms. The van der Waals surface area contributed by atoms with Crippen LogP contribution in [0.5, 0.6) is 0 Å². The zero-order valence-corrected chi connectivity index (χ0v) is 13.9. The van der Waals surface area contributed by atoms with E-state index in [1.807, 2.05) is 31.2 Å². The van der Waals surface area contributed by atoms with E-state index in [0.717, 1.165) is 23.6 Å². The summed E-state index contributed by atoms with van der Waals surface area (Å²) in [6.45, 7) is 3.62. The van der Waals surface area contributed by atoms with Crippen LogP contribution >= 0.6 is 0 Å². The summed E-state index contributed by atoms with van der Waals surface area (Å²) in [4.78, 5) is 24.2. The number of esters is 1. The van der Waals surface area contributed by atoms with Gasteiger partial charge in [0.2, 0.25) is 0 Å². The molecule has 4 unspecified atom stereocenters. The average molecular weight is 315 g/mol. The van der Waals surface area contributed by atoms with Crippen molar-refractivity contribution in [2.45, 2.75) is 52.1 Å². The van der Waals surface area contributed by atoms with Gasteiger partial charge in [-0.1, -0.05) is 24.1 Å². The molecule has 2 aliphatic rings. The van der Waals surface area contributed by atoms with E-state index in [0.29, 0.717) is 18.3 Å². The molecule has 0 spiro atoms. The number of carbonyl (C=O) groups excluding carboxylic acids is 2. The minimum absolute atomic E-state index is 0.242. The molecule has 1 aromatic rings. The highest BCUT2D eigenvalue weighted by Crippen LogP contribution is 2.49. The van der Waals surface area contributed by atoms with Gasteiger partial charge in [-0.05, 0) is 63.0 Å². The van der Waals surface area contributed by atoms with Gasteiger partial charge in [0.1, 0.15) is 0 Å². The SMILES string of the molecule is Cc1ccc(NC(=O)C(C)OC(=O)CC2CC3CCC2C3)cc1. The number of fused-ring (bicyclic) bond motifs is 2. The lowest BCUT2D eigenvalue weighted by Crippen LogP contribution is -2.31.